The van der Waals surface area contributed by atoms with E-state index in [-0.39, 0.29) is 11.9 Å². The quantitative estimate of drug-likeness (QED) is 0.375. The average Bonchev–Trinajstić information content (AvgIpc) is 3.18. The van der Waals surface area contributed by atoms with Gasteiger partial charge in [0.05, 0.1) is 0 Å². The number of rotatable bonds is 10. The molecule has 3 aromatic carbocycles. The molecule has 1 amide bonds. The first-order valence-electron chi connectivity index (χ1n) is 11.9. The molecule has 176 valence electrons. The molecule has 0 fully saturated rings. The Morgan fingerprint density at radius 2 is 1.62 bits per heavy atom. The Bertz CT molecular complexity index is 1210. The number of hydrogen-bond acceptors (Lipinski definition) is 3. The van der Waals surface area contributed by atoms with Crippen molar-refractivity contribution in [1.29, 1.82) is 0 Å². The van der Waals surface area contributed by atoms with Crippen LogP contribution in [0.25, 0.3) is 22.0 Å². The minimum absolute atomic E-state index is 0.00559. The maximum absolute atomic E-state index is 13.2. The Morgan fingerprint density at radius 1 is 0.941 bits per heavy atom. The first-order valence-corrected chi connectivity index (χ1v) is 11.9. The topological polar surface area (TPSA) is 49.3 Å². The molecule has 4 aromatic rings. The summed E-state index contributed by atoms with van der Waals surface area (Å²) in [5.41, 5.74) is 5.40. The molecule has 1 heterocycles. The molecule has 0 radical (unpaired) electrons. The summed E-state index contributed by atoms with van der Waals surface area (Å²) in [4.78, 5) is 15.5. The van der Waals surface area contributed by atoms with E-state index in [1.165, 1.54) is 16.5 Å². The van der Waals surface area contributed by atoms with Crippen molar-refractivity contribution in [3.8, 4) is 11.1 Å². The van der Waals surface area contributed by atoms with Gasteiger partial charge in [-0.2, -0.15) is 0 Å². The first-order chi connectivity index (χ1) is 16.5. The van der Waals surface area contributed by atoms with E-state index < -0.39 is 0 Å². The fourth-order valence-electron chi connectivity index (χ4n) is 4.50. The molecular weight excluding hydrogens is 420 g/mol. The van der Waals surface area contributed by atoms with Gasteiger partial charge in [0.15, 0.2) is 0 Å². The molecule has 2 N–H and O–H groups in total. The lowest BCUT2D eigenvalue weighted by atomic mass is 10.0. The van der Waals surface area contributed by atoms with Crippen LogP contribution in [-0.2, 0) is 13.5 Å². The van der Waals surface area contributed by atoms with Gasteiger partial charge in [-0.05, 0) is 55.4 Å². The second kappa shape index (κ2) is 11.1. The summed E-state index contributed by atoms with van der Waals surface area (Å²) in [7, 11) is 6.14. The molecule has 0 aliphatic carbocycles. The van der Waals surface area contributed by atoms with Gasteiger partial charge in [0.2, 0.25) is 0 Å². The highest BCUT2D eigenvalue weighted by atomic mass is 16.1. The summed E-state index contributed by atoms with van der Waals surface area (Å²) in [6.45, 7) is 2.61. The molecule has 0 spiro atoms. The van der Waals surface area contributed by atoms with Crippen LogP contribution in [-0.4, -0.2) is 55.1 Å². The average molecular weight is 455 g/mol. The van der Waals surface area contributed by atoms with E-state index >= 15 is 0 Å². The van der Waals surface area contributed by atoms with E-state index in [1.54, 1.807) is 0 Å². The molecule has 5 heteroatoms. The highest BCUT2D eigenvalue weighted by Crippen LogP contribution is 2.22. The lowest BCUT2D eigenvalue weighted by Crippen LogP contribution is -2.45. The molecule has 0 aliphatic heterocycles. The summed E-state index contributed by atoms with van der Waals surface area (Å²) >= 11 is 0. The van der Waals surface area contributed by atoms with E-state index in [2.05, 4.69) is 76.8 Å². The number of fused-ring (bicyclic) bond motifs is 1. The van der Waals surface area contributed by atoms with Crippen molar-refractivity contribution in [2.75, 3.05) is 33.7 Å². The largest absolute Gasteiger partial charge is 0.350 e. The molecule has 4 rings (SSSR count). The molecule has 0 unspecified atom stereocenters. The fourth-order valence-corrected chi connectivity index (χ4v) is 4.50. The number of likely N-dealkylation sites (N-methyl/N-ethyl adjacent to an activating group) is 2. The number of aryl methyl sites for hydroxylation is 1. The molecule has 34 heavy (non-hydrogen) atoms. The molecule has 0 saturated carbocycles. The number of carbonyl (C=O) groups is 1. The summed E-state index contributed by atoms with van der Waals surface area (Å²) < 4.78 is 2.16. The number of amides is 1. The van der Waals surface area contributed by atoms with Gasteiger partial charge in [-0.15, -0.1) is 0 Å². The molecule has 1 atom stereocenters. The van der Waals surface area contributed by atoms with Crippen LogP contribution < -0.4 is 10.6 Å². The maximum atomic E-state index is 13.2. The van der Waals surface area contributed by atoms with Gasteiger partial charge < -0.3 is 20.1 Å². The highest BCUT2D eigenvalue weighted by Gasteiger charge is 2.19. The number of para-hydroxylation sites is 1. The van der Waals surface area contributed by atoms with Gasteiger partial charge in [0.1, 0.15) is 0 Å². The molecule has 0 bridgehead atoms. The van der Waals surface area contributed by atoms with Gasteiger partial charge in [-0.1, -0.05) is 60.7 Å². The second-order valence-corrected chi connectivity index (χ2v) is 8.97. The van der Waals surface area contributed by atoms with Gasteiger partial charge in [-0.25, -0.2) is 0 Å². The lowest BCUT2D eigenvalue weighted by Gasteiger charge is -2.25. The number of hydrogen-bond donors (Lipinski definition) is 2. The zero-order valence-corrected chi connectivity index (χ0v) is 20.3. The molecular formula is C29H34N4O. The van der Waals surface area contributed by atoms with Crippen molar-refractivity contribution < 1.29 is 4.79 Å². The standard InChI is InChI=1S/C29H34N4O/c1-30-17-18-32(2)21-26(19-25-20-33(3)28-12-8-7-11-27(25)28)31-29(34)24-15-13-23(14-16-24)22-9-5-4-6-10-22/h4-16,20,26,30H,17-19,21H2,1-3H3,(H,31,34)/t26-/m1/s1. The zero-order chi connectivity index (χ0) is 23.9. The molecule has 1 aromatic heterocycles. The first kappa shape index (κ1) is 23.7. The van der Waals surface area contributed by atoms with E-state index in [1.807, 2.05) is 49.5 Å². The number of carbonyl (C=O) groups excluding carboxylic acids is 1. The Kier molecular flexibility index (Phi) is 7.78. The fraction of sp³-hybridized carbons (Fsp3) is 0.276. The number of aromatic nitrogens is 1. The second-order valence-electron chi connectivity index (χ2n) is 8.97. The van der Waals surface area contributed by atoms with Crippen molar-refractivity contribution in [1.82, 2.24) is 20.1 Å². The van der Waals surface area contributed by atoms with Crippen molar-refractivity contribution >= 4 is 16.8 Å². The SMILES string of the molecule is CNCCN(C)C[C@@H](Cc1cn(C)c2ccccc12)NC(=O)c1ccc(-c2ccccc2)cc1. The highest BCUT2D eigenvalue weighted by molar-refractivity contribution is 5.95. The Balaban J connectivity index is 1.52. The van der Waals surface area contributed by atoms with Crippen molar-refractivity contribution in [2.45, 2.75) is 12.5 Å². The minimum atomic E-state index is -0.0353. The van der Waals surface area contributed by atoms with Crippen LogP contribution >= 0.6 is 0 Å². The van der Waals surface area contributed by atoms with E-state index in [9.17, 15) is 4.79 Å². The zero-order valence-electron chi connectivity index (χ0n) is 20.3. The third kappa shape index (κ3) is 5.74. The smallest absolute Gasteiger partial charge is 0.251 e. The number of nitrogens with one attached hydrogen (secondary N) is 2. The van der Waals surface area contributed by atoms with E-state index in [0.29, 0.717) is 5.56 Å². The van der Waals surface area contributed by atoms with Crippen LogP contribution in [0.2, 0.25) is 0 Å². The predicted octanol–water partition coefficient (Wildman–Crippen LogP) is 4.34. The van der Waals surface area contributed by atoms with Gasteiger partial charge in [0, 0.05) is 55.4 Å². The van der Waals surface area contributed by atoms with Crippen LogP contribution in [0.1, 0.15) is 15.9 Å². The van der Waals surface area contributed by atoms with Gasteiger partial charge in [-0.3, -0.25) is 4.79 Å². The van der Waals surface area contributed by atoms with Crippen LogP contribution in [0.15, 0.2) is 85.1 Å². The van der Waals surface area contributed by atoms with Crippen LogP contribution in [0.3, 0.4) is 0 Å². The summed E-state index contributed by atoms with van der Waals surface area (Å²) in [6, 6.07) is 26.5. The van der Waals surface area contributed by atoms with E-state index in [4.69, 9.17) is 0 Å². The maximum Gasteiger partial charge on any atom is 0.251 e. The van der Waals surface area contributed by atoms with Crippen LogP contribution in [0.4, 0.5) is 0 Å². The molecule has 0 saturated heterocycles. The van der Waals surface area contributed by atoms with Crippen molar-refractivity contribution in [3.63, 3.8) is 0 Å². The van der Waals surface area contributed by atoms with Gasteiger partial charge >= 0.3 is 0 Å². The molecule has 0 aliphatic rings. The number of benzene rings is 3. The Morgan fingerprint density at radius 3 is 2.35 bits per heavy atom. The lowest BCUT2D eigenvalue weighted by molar-refractivity contribution is 0.0928. The summed E-state index contributed by atoms with van der Waals surface area (Å²) in [6.07, 6.45) is 2.96. The predicted molar refractivity (Wildman–Crippen MR) is 141 cm³/mol. The normalized spacial score (nSPS) is 12.2. The third-order valence-corrected chi connectivity index (χ3v) is 6.31. The minimum Gasteiger partial charge on any atom is -0.350 e. The van der Waals surface area contributed by atoms with Crippen molar-refractivity contribution in [3.05, 3.63) is 96.2 Å². The van der Waals surface area contributed by atoms with E-state index in [0.717, 1.165) is 37.2 Å². The third-order valence-electron chi connectivity index (χ3n) is 6.31. The van der Waals surface area contributed by atoms with Crippen LogP contribution in [0.5, 0.6) is 0 Å². The van der Waals surface area contributed by atoms with Crippen molar-refractivity contribution in [2.24, 2.45) is 7.05 Å². The summed E-state index contributed by atoms with van der Waals surface area (Å²) in [5.74, 6) is -0.0353. The monoisotopic (exact) mass is 454 g/mol. The molecule has 5 nitrogen and oxygen atoms in total. The Hall–Kier alpha value is -3.41. The van der Waals surface area contributed by atoms with Gasteiger partial charge in [0.25, 0.3) is 5.91 Å². The number of nitrogens with zero attached hydrogens (tertiary/aromatic N) is 2. The summed E-state index contributed by atoms with van der Waals surface area (Å²) in [5, 5.41) is 7.76. The Labute approximate surface area is 202 Å². The van der Waals surface area contributed by atoms with Crippen LogP contribution in [0, 0.1) is 0 Å².